The van der Waals surface area contributed by atoms with Gasteiger partial charge in [-0.15, -0.1) is 12.4 Å². The first-order valence-electron chi connectivity index (χ1n) is 3.91. The molecule has 0 bridgehead atoms. The molecule has 9 heteroatoms. The zero-order chi connectivity index (χ0) is 12.1. The molecule has 94 valence electrons. The Kier molecular flexibility index (Phi) is 15.3. The second-order valence-electron chi connectivity index (χ2n) is 2.03. The van der Waals surface area contributed by atoms with Gasteiger partial charge in [0.05, 0.1) is 11.4 Å². The van der Waals surface area contributed by atoms with Crippen LogP contribution in [0, 0.1) is 0 Å². The van der Waals surface area contributed by atoms with E-state index in [0.717, 1.165) is 0 Å². The monoisotopic (exact) mass is 277 g/mol. The predicted octanol–water partition coefficient (Wildman–Crippen LogP) is 0.714. The fraction of sp³-hybridized carbons (Fsp3) is 0. The number of hydrogen-bond donors (Lipinski definition) is 1. The average Bonchev–Trinajstić information content (AvgIpc) is 2.34. The molecule has 0 saturated carbocycles. The minimum absolute atomic E-state index is 0. The molecule has 0 aliphatic heterocycles. The number of hydrogen-bond acceptors (Lipinski definition) is 6. The minimum atomic E-state index is -2.86. The molecule has 0 amide bonds. The summed E-state index contributed by atoms with van der Waals surface area (Å²) in [5.41, 5.74) is 0. The first kappa shape index (κ1) is 17.9. The SMILES string of the molecule is Cl.O=S([O-])O.c1cncnc1.c1cncnc1. The van der Waals surface area contributed by atoms with Gasteiger partial charge in [-0.3, -0.25) is 0 Å². The Bertz CT molecular complexity index is 279. The second kappa shape index (κ2) is 14.5. The summed E-state index contributed by atoms with van der Waals surface area (Å²) in [6, 6.07) is 3.56. The van der Waals surface area contributed by atoms with Gasteiger partial charge in [0.15, 0.2) is 0 Å². The average molecular weight is 278 g/mol. The summed E-state index contributed by atoms with van der Waals surface area (Å²) in [6.07, 6.45) is 9.75. The Morgan fingerprint density at radius 3 is 1.18 bits per heavy atom. The summed E-state index contributed by atoms with van der Waals surface area (Å²) < 4.78 is 24.1. The number of aromatic nitrogens is 4. The van der Waals surface area contributed by atoms with Crippen molar-refractivity contribution < 1.29 is 13.3 Å². The molecule has 2 aromatic heterocycles. The van der Waals surface area contributed by atoms with E-state index in [9.17, 15) is 0 Å². The first-order valence-corrected chi connectivity index (χ1v) is 4.95. The van der Waals surface area contributed by atoms with E-state index >= 15 is 0 Å². The maximum atomic E-state index is 8.56. The van der Waals surface area contributed by atoms with Gasteiger partial charge in [-0.05, 0) is 12.1 Å². The first-order chi connectivity index (χ1) is 7.73. The van der Waals surface area contributed by atoms with E-state index in [1.54, 1.807) is 36.9 Å². The Morgan fingerprint density at radius 1 is 0.882 bits per heavy atom. The van der Waals surface area contributed by atoms with Gasteiger partial charge in [0.2, 0.25) is 0 Å². The van der Waals surface area contributed by atoms with Crippen molar-refractivity contribution in [1.82, 2.24) is 19.9 Å². The van der Waals surface area contributed by atoms with Crippen molar-refractivity contribution in [2.75, 3.05) is 0 Å². The quantitative estimate of drug-likeness (QED) is 0.706. The molecular formula is C8H10ClN4O3S-. The lowest BCUT2D eigenvalue weighted by Gasteiger charge is -1.83. The Morgan fingerprint density at radius 2 is 1.12 bits per heavy atom. The lowest BCUT2D eigenvalue weighted by molar-refractivity contribution is 0.436. The molecule has 0 fully saturated rings. The van der Waals surface area contributed by atoms with Crippen LogP contribution in [0.2, 0.25) is 0 Å². The molecule has 0 aromatic carbocycles. The van der Waals surface area contributed by atoms with Crippen molar-refractivity contribution in [3.05, 3.63) is 49.6 Å². The van der Waals surface area contributed by atoms with Gasteiger partial charge < -0.3 is 9.11 Å². The van der Waals surface area contributed by atoms with Crippen LogP contribution in [0.15, 0.2) is 49.6 Å². The molecule has 1 N–H and O–H groups in total. The molecule has 2 rings (SSSR count). The summed E-state index contributed by atoms with van der Waals surface area (Å²) >= 11 is -2.86. The van der Waals surface area contributed by atoms with Crippen LogP contribution < -0.4 is 0 Å². The molecule has 0 aliphatic rings. The molecule has 7 nitrogen and oxygen atoms in total. The third-order valence-corrected chi connectivity index (χ3v) is 0.955. The smallest absolute Gasteiger partial charge is 0.115 e. The lowest BCUT2D eigenvalue weighted by atomic mass is 10.7. The van der Waals surface area contributed by atoms with E-state index in [1.807, 2.05) is 0 Å². The zero-order valence-electron chi connectivity index (χ0n) is 8.49. The maximum absolute atomic E-state index is 8.56. The van der Waals surface area contributed by atoms with Crippen LogP contribution >= 0.6 is 12.4 Å². The number of rotatable bonds is 0. The second-order valence-corrected chi connectivity index (χ2v) is 2.46. The Labute approximate surface area is 107 Å². The van der Waals surface area contributed by atoms with Gasteiger partial charge >= 0.3 is 0 Å². The van der Waals surface area contributed by atoms with E-state index in [4.69, 9.17) is 13.3 Å². The minimum Gasteiger partial charge on any atom is -0.750 e. The summed E-state index contributed by atoms with van der Waals surface area (Å²) in [7, 11) is 0. The van der Waals surface area contributed by atoms with Crippen molar-refractivity contribution in [3.63, 3.8) is 0 Å². The largest absolute Gasteiger partial charge is 0.750 e. The summed E-state index contributed by atoms with van der Waals surface area (Å²) in [6.45, 7) is 0. The van der Waals surface area contributed by atoms with Crippen molar-refractivity contribution in [1.29, 1.82) is 0 Å². The topological polar surface area (TPSA) is 112 Å². The highest BCUT2D eigenvalue weighted by atomic mass is 35.5. The normalized spacial score (nSPS) is 9.29. The van der Waals surface area contributed by atoms with Crippen molar-refractivity contribution in [2.45, 2.75) is 0 Å². The van der Waals surface area contributed by atoms with Crippen LogP contribution in [-0.4, -0.2) is 33.3 Å². The lowest BCUT2D eigenvalue weighted by Crippen LogP contribution is -1.75. The van der Waals surface area contributed by atoms with Gasteiger partial charge in [-0.2, -0.15) is 0 Å². The molecule has 1 atom stereocenters. The van der Waals surface area contributed by atoms with Gasteiger partial charge in [0.1, 0.15) is 12.7 Å². The summed E-state index contributed by atoms with van der Waals surface area (Å²) in [4.78, 5) is 14.7. The van der Waals surface area contributed by atoms with Crippen molar-refractivity contribution >= 4 is 23.8 Å². The number of nitrogens with zero attached hydrogens (tertiary/aromatic N) is 4. The zero-order valence-corrected chi connectivity index (χ0v) is 10.1. The maximum Gasteiger partial charge on any atom is 0.115 e. The molecule has 17 heavy (non-hydrogen) atoms. The van der Waals surface area contributed by atoms with E-state index in [0.29, 0.717) is 0 Å². The molecule has 1 unspecified atom stereocenters. The van der Waals surface area contributed by atoms with Crippen LogP contribution in [0.25, 0.3) is 0 Å². The van der Waals surface area contributed by atoms with Gasteiger partial charge in [-0.1, -0.05) is 0 Å². The van der Waals surface area contributed by atoms with Crippen molar-refractivity contribution in [2.24, 2.45) is 0 Å². The van der Waals surface area contributed by atoms with Crippen LogP contribution in [-0.2, 0) is 11.4 Å². The highest BCUT2D eigenvalue weighted by Gasteiger charge is 1.59. The summed E-state index contributed by atoms with van der Waals surface area (Å²) in [5, 5.41) is 0. The molecule has 0 saturated heterocycles. The standard InChI is InChI=1S/2C4H4N2.ClH.H2O3S/c2*1-2-5-4-6-3-1;;1-4(2)3/h2*1-4H;1H;(H2,1,2,3)/p-1. The molecule has 2 heterocycles. The van der Waals surface area contributed by atoms with Crippen LogP contribution in [0.3, 0.4) is 0 Å². The van der Waals surface area contributed by atoms with E-state index in [-0.39, 0.29) is 12.4 Å². The third-order valence-electron chi connectivity index (χ3n) is 0.955. The highest BCUT2D eigenvalue weighted by molar-refractivity contribution is 7.73. The number of halogens is 1. The van der Waals surface area contributed by atoms with Crippen LogP contribution in [0.4, 0.5) is 0 Å². The predicted molar refractivity (Wildman–Crippen MR) is 62.9 cm³/mol. The van der Waals surface area contributed by atoms with Crippen LogP contribution in [0.5, 0.6) is 0 Å². The molecule has 0 aliphatic carbocycles. The molecule has 0 spiro atoms. The Balaban J connectivity index is 0. The van der Waals surface area contributed by atoms with Gasteiger partial charge in [0, 0.05) is 24.8 Å². The highest BCUT2D eigenvalue weighted by Crippen LogP contribution is 1.67. The van der Waals surface area contributed by atoms with Crippen LogP contribution in [0.1, 0.15) is 0 Å². The Hall–Kier alpha value is -1.48. The molecule has 0 radical (unpaired) electrons. The van der Waals surface area contributed by atoms with Crippen molar-refractivity contribution in [3.8, 4) is 0 Å². The van der Waals surface area contributed by atoms with Gasteiger partial charge in [-0.25, -0.2) is 24.1 Å². The van der Waals surface area contributed by atoms with E-state index in [1.165, 1.54) is 12.7 Å². The summed E-state index contributed by atoms with van der Waals surface area (Å²) in [5.74, 6) is 0. The fourth-order valence-corrected chi connectivity index (χ4v) is 0.507. The molecule has 2 aromatic rings. The van der Waals surface area contributed by atoms with Gasteiger partial charge in [0.25, 0.3) is 0 Å². The fourth-order valence-electron chi connectivity index (χ4n) is 0.507. The van der Waals surface area contributed by atoms with E-state index in [2.05, 4.69) is 19.9 Å². The third kappa shape index (κ3) is 20.6. The molecular weight excluding hydrogens is 268 g/mol. The van der Waals surface area contributed by atoms with E-state index < -0.39 is 11.4 Å².